The summed E-state index contributed by atoms with van der Waals surface area (Å²) >= 11 is 0. The summed E-state index contributed by atoms with van der Waals surface area (Å²) in [6, 6.07) is 13.1. The largest absolute Gasteiger partial charge is 0.573 e. The molecule has 0 aliphatic carbocycles. The lowest BCUT2D eigenvalue weighted by Gasteiger charge is -2.31. The second-order valence-corrected chi connectivity index (χ2v) is 8.33. The lowest BCUT2D eigenvalue weighted by Crippen LogP contribution is -2.38. The van der Waals surface area contributed by atoms with Crippen LogP contribution in [0.15, 0.2) is 59.5 Å². The van der Waals surface area contributed by atoms with E-state index in [9.17, 15) is 21.6 Å². The number of sulfonamides is 1. The van der Waals surface area contributed by atoms with E-state index in [4.69, 9.17) is 0 Å². The summed E-state index contributed by atoms with van der Waals surface area (Å²) in [7, 11) is -3.92. The zero-order chi connectivity index (χ0) is 20.2. The quantitative estimate of drug-likeness (QED) is 0.758. The number of ether oxygens (including phenoxy) is 1. The molecule has 0 unspecified atom stereocenters. The van der Waals surface area contributed by atoms with Crippen molar-refractivity contribution in [1.29, 1.82) is 0 Å². The van der Waals surface area contributed by atoms with Crippen LogP contribution in [0.3, 0.4) is 0 Å². The van der Waals surface area contributed by atoms with Crippen molar-refractivity contribution in [3.63, 3.8) is 0 Å². The van der Waals surface area contributed by atoms with Gasteiger partial charge in [0.25, 0.3) is 0 Å². The fourth-order valence-corrected chi connectivity index (χ4v) is 4.62. The first-order valence-electron chi connectivity index (χ1n) is 8.88. The average molecular weight is 414 g/mol. The fraction of sp³-hybridized carbons (Fsp3) is 0.368. The van der Waals surface area contributed by atoms with Gasteiger partial charge in [0, 0.05) is 6.04 Å². The van der Waals surface area contributed by atoms with E-state index in [0.717, 1.165) is 55.8 Å². The van der Waals surface area contributed by atoms with Gasteiger partial charge in [-0.3, -0.25) is 0 Å². The third-order valence-electron chi connectivity index (χ3n) is 4.66. The van der Waals surface area contributed by atoms with Gasteiger partial charge in [-0.05, 0) is 61.7 Å². The van der Waals surface area contributed by atoms with Gasteiger partial charge in [-0.2, -0.15) is 0 Å². The van der Waals surface area contributed by atoms with E-state index in [1.54, 1.807) is 0 Å². The van der Waals surface area contributed by atoms with Crippen LogP contribution < -0.4 is 14.8 Å². The Kier molecular flexibility index (Phi) is 6.26. The molecule has 0 bridgehead atoms. The van der Waals surface area contributed by atoms with Crippen molar-refractivity contribution in [3.05, 3.63) is 60.2 Å². The number of hydrogen-bond donors (Lipinski definition) is 2. The highest BCUT2D eigenvalue weighted by atomic mass is 32.2. The zero-order valence-corrected chi connectivity index (χ0v) is 15.8. The normalized spacial score (nSPS) is 17.2. The molecule has 0 saturated carbocycles. The van der Waals surface area contributed by atoms with Crippen LogP contribution in [0.5, 0.6) is 5.75 Å². The molecular weight excluding hydrogens is 393 g/mol. The van der Waals surface area contributed by atoms with Crippen LogP contribution >= 0.6 is 0 Å². The maximum absolute atomic E-state index is 12.9. The Morgan fingerprint density at radius 1 is 1.00 bits per heavy atom. The van der Waals surface area contributed by atoms with E-state index >= 15 is 0 Å². The number of piperidine rings is 1. The molecule has 1 aliphatic heterocycles. The predicted octanol–water partition coefficient (Wildman–Crippen LogP) is 3.60. The molecule has 1 aliphatic rings. The van der Waals surface area contributed by atoms with Crippen LogP contribution in [0.25, 0.3) is 0 Å². The predicted molar refractivity (Wildman–Crippen MR) is 98.2 cm³/mol. The fourth-order valence-electron chi connectivity index (χ4n) is 3.33. The summed E-state index contributed by atoms with van der Waals surface area (Å²) in [6.07, 6.45) is -3.19. The molecule has 1 atom stereocenters. The first-order valence-corrected chi connectivity index (χ1v) is 10.4. The second kappa shape index (κ2) is 8.50. The zero-order valence-electron chi connectivity index (χ0n) is 14.9. The highest BCUT2D eigenvalue weighted by Crippen LogP contribution is 2.31. The number of hydrogen-bond acceptors (Lipinski definition) is 4. The lowest BCUT2D eigenvalue weighted by atomic mass is 9.87. The summed E-state index contributed by atoms with van der Waals surface area (Å²) in [5, 5.41) is 3.26. The molecule has 0 spiro atoms. The molecule has 152 valence electrons. The summed E-state index contributed by atoms with van der Waals surface area (Å²) in [6.45, 7) is 1.61. The Bertz CT molecular complexity index is 866. The Labute approximate surface area is 162 Å². The Hall–Kier alpha value is -2.10. The monoisotopic (exact) mass is 414 g/mol. The minimum atomic E-state index is -4.83. The topological polar surface area (TPSA) is 67.4 Å². The van der Waals surface area contributed by atoms with Crippen LogP contribution in [0.1, 0.15) is 24.4 Å². The smallest absolute Gasteiger partial charge is 0.406 e. The van der Waals surface area contributed by atoms with E-state index in [1.165, 1.54) is 0 Å². The maximum atomic E-state index is 12.9. The first kappa shape index (κ1) is 20.6. The highest BCUT2D eigenvalue weighted by Gasteiger charge is 2.32. The third-order valence-corrected chi connectivity index (χ3v) is 6.12. The Morgan fingerprint density at radius 3 is 2.18 bits per heavy atom. The van der Waals surface area contributed by atoms with Crippen molar-refractivity contribution in [2.24, 2.45) is 5.92 Å². The molecule has 0 aromatic heterocycles. The van der Waals surface area contributed by atoms with Crippen molar-refractivity contribution >= 4 is 10.0 Å². The van der Waals surface area contributed by atoms with Gasteiger partial charge in [-0.15, -0.1) is 13.2 Å². The Morgan fingerprint density at radius 2 is 1.61 bits per heavy atom. The molecule has 28 heavy (non-hydrogen) atoms. The third kappa shape index (κ3) is 5.46. The highest BCUT2D eigenvalue weighted by molar-refractivity contribution is 7.89. The number of alkyl halides is 3. The number of benzene rings is 2. The first-order chi connectivity index (χ1) is 13.2. The summed E-state index contributed by atoms with van der Waals surface area (Å²) in [4.78, 5) is -0.114. The van der Waals surface area contributed by atoms with Gasteiger partial charge in [-0.1, -0.05) is 30.3 Å². The molecule has 1 saturated heterocycles. The molecule has 0 radical (unpaired) electrons. The lowest BCUT2D eigenvalue weighted by molar-refractivity contribution is -0.274. The molecule has 0 amide bonds. The van der Waals surface area contributed by atoms with E-state index in [2.05, 4.69) is 14.8 Å². The molecule has 2 aromatic rings. The SMILES string of the molecule is O=S(=O)(N[C@@H](c1ccccc1)C1CCNCC1)c1ccc(OC(F)(F)F)cc1. The molecule has 2 N–H and O–H groups in total. The van der Waals surface area contributed by atoms with E-state index in [1.807, 2.05) is 30.3 Å². The van der Waals surface area contributed by atoms with Crippen molar-refractivity contribution in [3.8, 4) is 5.75 Å². The number of rotatable bonds is 6. The average Bonchev–Trinajstić information content (AvgIpc) is 2.67. The number of nitrogens with one attached hydrogen (secondary N) is 2. The molecular formula is C19H21F3N2O3S. The van der Waals surface area contributed by atoms with Crippen molar-refractivity contribution in [2.45, 2.75) is 30.1 Å². The van der Waals surface area contributed by atoms with Crippen LogP contribution in [0, 0.1) is 5.92 Å². The summed E-state index contributed by atoms with van der Waals surface area (Å²) in [5.41, 5.74) is 0.856. The molecule has 2 aromatic carbocycles. The Balaban J connectivity index is 1.82. The molecule has 9 heteroatoms. The van der Waals surface area contributed by atoms with Gasteiger partial charge < -0.3 is 10.1 Å². The molecule has 1 fully saturated rings. The molecule has 5 nitrogen and oxygen atoms in total. The van der Waals surface area contributed by atoms with Crippen LogP contribution in [0.2, 0.25) is 0 Å². The van der Waals surface area contributed by atoms with Crippen molar-refractivity contribution in [1.82, 2.24) is 10.0 Å². The van der Waals surface area contributed by atoms with Gasteiger partial charge >= 0.3 is 6.36 Å². The van der Waals surface area contributed by atoms with E-state index in [-0.39, 0.29) is 10.8 Å². The molecule has 1 heterocycles. The summed E-state index contributed by atoms with van der Waals surface area (Å²) < 4.78 is 69.1. The maximum Gasteiger partial charge on any atom is 0.573 e. The van der Waals surface area contributed by atoms with Gasteiger partial charge in [0.1, 0.15) is 5.75 Å². The summed E-state index contributed by atoms with van der Waals surface area (Å²) in [5.74, 6) is -0.351. The second-order valence-electron chi connectivity index (χ2n) is 6.62. The van der Waals surface area contributed by atoms with Gasteiger partial charge in [-0.25, -0.2) is 13.1 Å². The molecule has 3 rings (SSSR count). The minimum Gasteiger partial charge on any atom is -0.406 e. The van der Waals surface area contributed by atoms with Crippen LogP contribution in [-0.4, -0.2) is 27.9 Å². The minimum absolute atomic E-state index is 0.114. The van der Waals surface area contributed by atoms with Gasteiger partial charge in [0.15, 0.2) is 0 Å². The number of halogens is 3. The van der Waals surface area contributed by atoms with Crippen LogP contribution in [0.4, 0.5) is 13.2 Å². The standard InChI is InChI=1S/C19H21F3N2O3S/c20-19(21,22)27-16-6-8-17(9-7-16)28(25,26)24-18(14-4-2-1-3-5-14)15-10-12-23-13-11-15/h1-9,15,18,23-24H,10-13H2/t18-/m0/s1. The van der Waals surface area contributed by atoms with Crippen molar-refractivity contribution in [2.75, 3.05) is 13.1 Å². The van der Waals surface area contributed by atoms with Crippen LogP contribution in [-0.2, 0) is 10.0 Å². The van der Waals surface area contributed by atoms with Gasteiger partial charge in [0.05, 0.1) is 4.90 Å². The van der Waals surface area contributed by atoms with Gasteiger partial charge in [0.2, 0.25) is 10.0 Å². The van der Waals surface area contributed by atoms with Crippen molar-refractivity contribution < 1.29 is 26.3 Å². The van der Waals surface area contributed by atoms with E-state index < -0.39 is 28.2 Å². The van der Waals surface area contributed by atoms with E-state index in [0.29, 0.717) is 0 Å².